The lowest BCUT2D eigenvalue weighted by Gasteiger charge is -2.13. The van der Waals surface area contributed by atoms with Gasteiger partial charge in [0.1, 0.15) is 28.2 Å². The number of carbonyl (C=O) groups is 3. The van der Waals surface area contributed by atoms with Crippen molar-refractivity contribution in [1.29, 1.82) is 0 Å². The quantitative estimate of drug-likeness (QED) is 0.123. The molecule has 0 saturated heterocycles. The van der Waals surface area contributed by atoms with E-state index in [1.54, 1.807) is 0 Å². The van der Waals surface area contributed by atoms with Crippen LogP contribution in [0.4, 0.5) is 56.6 Å². The standard InChI is InChI=1S/C30H17Cl3F9N5O3/c31-16-3-2-13(43-27(50)22-21(29(22,32)33)12-1-4-17(34)15(9-12)30(40,41)42)10-14(16)25(48)44-19-6-5-18(35)24(23(19)36)45-26(49)20-7-8-47(46-20)11-28(37,38)39/h1-10,21-22H,11H2,(H,43,50)(H,44,48)(H,45,49)/t21-,22+/m0/s1. The molecule has 264 valence electrons. The summed E-state index contributed by atoms with van der Waals surface area (Å²) in [6.07, 6.45) is -8.86. The van der Waals surface area contributed by atoms with E-state index in [1.807, 2.05) is 5.32 Å². The van der Waals surface area contributed by atoms with Crippen molar-refractivity contribution in [2.24, 2.45) is 5.92 Å². The Kier molecular flexibility index (Phi) is 9.81. The Morgan fingerprint density at radius 1 is 0.840 bits per heavy atom. The molecule has 1 heterocycles. The van der Waals surface area contributed by atoms with Crippen molar-refractivity contribution >= 4 is 69.6 Å². The maximum Gasteiger partial charge on any atom is 0.419 e. The SMILES string of the molecule is O=C(Nc1c(F)ccc(NC(=O)c2cc(NC(=O)[C@H]3[C@H](c4ccc(F)c(C(F)(F)F)c4)C3(Cl)Cl)ccc2Cl)c1F)c1ccn(CC(F)(F)F)n1. The fraction of sp³-hybridized carbons (Fsp3) is 0.200. The van der Waals surface area contributed by atoms with Crippen LogP contribution in [0.15, 0.2) is 60.8 Å². The Bertz CT molecular complexity index is 2020. The summed E-state index contributed by atoms with van der Waals surface area (Å²) in [6, 6.07) is 7.85. The van der Waals surface area contributed by atoms with Crippen LogP contribution in [0, 0.1) is 23.4 Å². The highest BCUT2D eigenvalue weighted by Crippen LogP contribution is 2.65. The first kappa shape index (κ1) is 36.8. The van der Waals surface area contributed by atoms with Crippen LogP contribution in [-0.4, -0.2) is 38.0 Å². The van der Waals surface area contributed by atoms with Crippen molar-refractivity contribution in [2.45, 2.75) is 29.1 Å². The summed E-state index contributed by atoms with van der Waals surface area (Å²) in [4.78, 5) is 38.6. The van der Waals surface area contributed by atoms with Crippen LogP contribution in [0.2, 0.25) is 5.02 Å². The van der Waals surface area contributed by atoms with E-state index in [1.165, 1.54) is 6.07 Å². The molecule has 1 aliphatic rings. The number of carbonyl (C=O) groups excluding carboxylic acids is 3. The molecule has 0 spiro atoms. The van der Waals surface area contributed by atoms with Crippen LogP contribution in [-0.2, 0) is 17.5 Å². The summed E-state index contributed by atoms with van der Waals surface area (Å²) >= 11 is 18.6. The van der Waals surface area contributed by atoms with Gasteiger partial charge in [0, 0.05) is 17.8 Å². The molecule has 20 heteroatoms. The third-order valence-corrected chi connectivity index (χ3v) is 8.53. The van der Waals surface area contributed by atoms with E-state index < -0.39 is 92.9 Å². The summed E-state index contributed by atoms with van der Waals surface area (Å²) < 4.78 is 120. The van der Waals surface area contributed by atoms with E-state index in [9.17, 15) is 49.5 Å². The fourth-order valence-corrected chi connectivity index (χ4v) is 5.94. The average molecular weight is 773 g/mol. The highest BCUT2D eigenvalue weighted by molar-refractivity contribution is 6.53. The number of anilines is 3. The summed E-state index contributed by atoms with van der Waals surface area (Å²) in [5.74, 6) is -10.1. The number of alkyl halides is 8. The van der Waals surface area contributed by atoms with Gasteiger partial charge in [-0.05, 0) is 54.1 Å². The normalized spacial score (nSPS) is 16.9. The monoisotopic (exact) mass is 771 g/mol. The number of hydrogen-bond acceptors (Lipinski definition) is 4. The second kappa shape index (κ2) is 13.3. The third kappa shape index (κ3) is 7.79. The minimum Gasteiger partial charge on any atom is -0.326 e. The number of aromatic nitrogens is 2. The van der Waals surface area contributed by atoms with Gasteiger partial charge in [0.15, 0.2) is 11.5 Å². The predicted molar refractivity (Wildman–Crippen MR) is 163 cm³/mol. The minimum absolute atomic E-state index is 0.0908. The number of hydrogen-bond donors (Lipinski definition) is 3. The Morgan fingerprint density at radius 2 is 1.52 bits per heavy atom. The average Bonchev–Trinajstić information content (AvgIpc) is 3.31. The van der Waals surface area contributed by atoms with E-state index >= 15 is 4.39 Å². The van der Waals surface area contributed by atoms with E-state index in [4.69, 9.17) is 34.8 Å². The third-order valence-electron chi connectivity index (χ3n) is 7.26. The van der Waals surface area contributed by atoms with Gasteiger partial charge < -0.3 is 16.0 Å². The van der Waals surface area contributed by atoms with Crippen molar-refractivity contribution in [3.63, 3.8) is 0 Å². The van der Waals surface area contributed by atoms with E-state index in [2.05, 4.69) is 15.7 Å². The van der Waals surface area contributed by atoms with E-state index in [0.29, 0.717) is 22.9 Å². The number of benzene rings is 3. The maximum atomic E-state index is 15.3. The van der Waals surface area contributed by atoms with Gasteiger partial charge >= 0.3 is 12.4 Å². The zero-order valence-electron chi connectivity index (χ0n) is 24.3. The molecule has 0 radical (unpaired) electrons. The number of halogens is 12. The molecule has 4 aromatic rings. The van der Waals surface area contributed by atoms with Crippen molar-refractivity contribution in [2.75, 3.05) is 16.0 Å². The second-order valence-corrected chi connectivity index (χ2v) is 12.6. The molecule has 1 fully saturated rings. The lowest BCUT2D eigenvalue weighted by molar-refractivity contribution is -0.142. The molecule has 3 aromatic carbocycles. The Labute approximate surface area is 289 Å². The van der Waals surface area contributed by atoms with Crippen LogP contribution >= 0.6 is 34.8 Å². The lowest BCUT2D eigenvalue weighted by atomic mass is 10.0. The highest BCUT2D eigenvalue weighted by atomic mass is 35.5. The van der Waals surface area contributed by atoms with Crippen LogP contribution < -0.4 is 16.0 Å². The van der Waals surface area contributed by atoms with Gasteiger partial charge in [-0.3, -0.25) is 19.1 Å². The molecule has 2 atom stereocenters. The van der Waals surface area contributed by atoms with Crippen molar-refractivity contribution in [1.82, 2.24) is 9.78 Å². The molecule has 0 bridgehead atoms. The van der Waals surface area contributed by atoms with Gasteiger partial charge in [-0.15, -0.1) is 23.2 Å². The first-order valence-corrected chi connectivity index (χ1v) is 14.9. The Balaban J connectivity index is 1.30. The van der Waals surface area contributed by atoms with Crippen molar-refractivity contribution in [3.8, 4) is 0 Å². The molecule has 3 amide bonds. The van der Waals surface area contributed by atoms with Gasteiger partial charge in [-0.25, -0.2) is 13.2 Å². The number of amides is 3. The first-order chi connectivity index (χ1) is 23.2. The maximum absolute atomic E-state index is 15.3. The molecule has 3 N–H and O–H groups in total. The topological polar surface area (TPSA) is 105 Å². The summed E-state index contributed by atoms with van der Waals surface area (Å²) in [7, 11) is 0. The molecule has 8 nitrogen and oxygen atoms in total. The first-order valence-electron chi connectivity index (χ1n) is 13.7. The molecule has 50 heavy (non-hydrogen) atoms. The molecule has 0 unspecified atom stereocenters. The van der Waals surface area contributed by atoms with Crippen molar-refractivity contribution in [3.05, 3.63) is 106 Å². The molecule has 1 saturated carbocycles. The zero-order valence-corrected chi connectivity index (χ0v) is 26.6. The molecule has 1 aliphatic carbocycles. The van der Waals surface area contributed by atoms with Crippen LogP contribution in [0.25, 0.3) is 0 Å². The number of nitrogens with zero attached hydrogens (tertiary/aromatic N) is 2. The predicted octanol–water partition coefficient (Wildman–Crippen LogP) is 8.57. The number of nitrogens with one attached hydrogen (secondary N) is 3. The Morgan fingerprint density at radius 3 is 2.18 bits per heavy atom. The van der Waals surface area contributed by atoms with Crippen molar-refractivity contribution < 1.29 is 53.9 Å². The van der Waals surface area contributed by atoms with Gasteiger partial charge in [-0.2, -0.15) is 31.4 Å². The van der Waals surface area contributed by atoms with E-state index in [0.717, 1.165) is 36.5 Å². The van der Waals surface area contributed by atoms with Gasteiger partial charge in [0.05, 0.1) is 27.8 Å². The van der Waals surface area contributed by atoms with Gasteiger partial charge in [-0.1, -0.05) is 17.7 Å². The second-order valence-electron chi connectivity index (χ2n) is 10.8. The lowest BCUT2D eigenvalue weighted by Crippen LogP contribution is -2.20. The highest BCUT2D eigenvalue weighted by Gasteiger charge is 2.67. The fourth-order valence-electron chi connectivity index (χ4n) is 4.90. The number of rotatable bonds is 8. The summed E-state index contributed by atoms with van der Waals surface area (Å²) in [5.41, 5.74) is -4.54. The van der Waals surface area contributed by atoms with Gasteiger partial charge in [0.25, 0.3) is 11.8 Å². The smallest absolute Gasteiger partial charge is 0.326 e. The molecule has 0 aliphatic heterocycles. The van der Waals surface area contributed by atoms with Crippen LogP contribution in [0.1, 0.15) is 37.9 Å². The molecular formula is C30H17Cl3F9N5O3. The largest absolute Gasteiger partial charge is 0.419 e. The van der Waals surface area contributed by atoms with E-state index in [-0.39, 0.29) is 21.8 Å². The minimum atomic E-state index is -5.03. The summed E-state index contributed by atoms with van der Waals surface area (Å²) in [6.45, 7) is -1.53. The van der Waals surface area contributed by atoms with Crippen LogP contribution in [0.3, 0.4) is 0 Å². The van der Waals surface area contributed by atoms with Gasteiger partial charge in [0.2, 0.25) is 5.91 Å². The molecular weight excluding hydrogens is 756 g/mol. The molecule has 5 rings (SSSR count). The van der Waals surface area contributed by atoms with Crippen LogP contribution in [0.5, 0.6) is 0 Å². The summed E-state index contributed by atoms with van der Waals surface area (Å²) in [5, 5.41) is 9.56. The zero-order chi connectivity index (χ0) is 36.9. The Hall–Kier alpha value is -4.48. The molecule has 1 aromatic heterocycles.